The maximum absolute atomic E-state index is 12.8. The first-order valence-corrected chi connectivity index (χ1v) is 8.51. The zero-order chi connectivity index (χ0) is 15.1. The molecule has 1 amide bonds. The first-order valence-electron chi connectivity index (χ1n) is 6.96. The van der Waals surface area contributed by atoms with Gasteiger partial charge in [0.1, 0.15) is 5.37 Å². The SMILES string of the molecule is O=C(O)N1CCNC(S(=O)(=O)c2ccccc2)C2(CC2)C1. The van der Waals surface area contributed by atoms with Crippen LogP contribution in [0, 0.1) is 5.41 Å². The highest BCUT2D eigenvalue weighted by Gasteiger charge is 2.57. The molecule has 1 aromatic rings. The lowest BCUT2D eigenvalue weighted by Crippen LogP contribution is -2.45. The van der Waals surface area contributed by atoms with Gasteiger partial charge in [0.2, 0.25) is 0 Å². The molecule has 2 fully saturated rings. The van der Waals surface area contributed by atoms with Crippen LogP contribution < -0.4 is 5.32 Å². The van der Waals surface area contributed by atoms with Gasteiger partial charge in [0.05, 0.1) is 4.90 Å². The van der Waals surface area contributed by atoms with Crippen molar-refractivity contribution in [2.24, 2.45) is 5.41 Å². The highest BCUT2D eigenvalue weighted by Crippen LogP contribution is 2.52. The molecular formula is C14H18N2O4S. The maximum atomic E-state index is 12.8. The Bertz CT molecular complexity index is 640. The van der Waals surface area contributed by atoms with Crippen LogP contribution >= 0.6 is 0 Å². The minimum Gasteiger partial charge on any atom is -0.465 e. The van der Waals surface area contributed by atoms with Gasteiger partial charge in [-0.1, -0.05) is 18.2 Å². The van der Waals surface area contributed by atoms with E-state index in [0.717, 1.165) is 12.8 Å². The molecule has 2 N–H and O–H groups in total. The molecule has 7 heteroatoms. The quantitative estimate of drug-likeness (QED) is 0.855. The summed E-state index contributed by atoms with van der Waals surface area (Å²) in [5, 5.41) is 11.5. The molecule has 1 spiro atoms. The zero-order valence-electron chi connectivity index (χ0n) is 11.5. The number of sulfone groups is 1. The van der Waals surface area contributed by atoms with Gasteiger partial charge >= 0.3 is 6.09 Å². The van der Waals surface area contributed by atoms with Crippen molar-refractivity contribution in [3.05, 3.63) is 30.3 Å². The van der Waals surface area contributed by atoms with Crippen molar-refractivity contribution in [2.45, 2.75) is 23.1 Å². The summed E-state index contributed by atoms with van der Waals surface area (Å²) >= 11 is 0. The largest absolute Gasteiger partial charge is 0.465 e. The predicted octanol–water partition coefficient (Wildman–Crippen LogP) is 1.15. The number of benzene rings is 1. The van der Waals surface area contributed by atoms with Gasteiger partial charge in [0, 0.05) is 25.0 Å². The first-order chi connectivity index (χ1) is 9.96. The third-order valence-corrected chi connectivity index (χ3v) is 6.53. The van der Waals surface area contributed by atoms with E-state index in [-0.39, 0.29) is 11.4 Å². The second-order valence-electron chi connectivity index (χ2n) is 5.76. The van der Waals surface area contributed by atoms with Crippen molar-refractivity contribution in [3.8, 4) is 0 Å². The molecule has 1 aromatic carbocycles. The van der Waals surface area contributed by atoms with Gasteiger partial charge in [-0.3, -0.25) is 5.32 Å². The summed E-state index contributed by atoms with van der Waals surface area (Å²) < 4.78 is 25.7. The van der Waals surface area contributed by atoms with Crippen LogP contribution in [0.2, 0.25) is 0 Å². The van der Waals surface area contributed by atoms with Gasteiger partial charge in [-0.25, -0.2) is 13.2 Å². The summed E-state index contributed by atoms with van der Waals surface area (Å²) in [4.78, 5) is 12.8. The Morgan fingerprint density at radius 1 is 1.29 bits per heavy atom. The average Bonchev–Trinajstić information content (AvgIpc) is 3.26. The van der Waals surface area contributed by atoms with E-state index >= 15 is 0 Å². The Labute approximate surface area is 123 Å². The van der Waals surface area contributed by atoms with Crippen molar-refractivity contribution in [2.75, 3.05) is 19.6 Å². The van der Waals surface area contributed by atoms with E-state index < -0.39 is 26.7 Å². The number of hydrogen-bond donors (Lipinski definition) is 2. The molecule has 1 atom stereocenters. The molecule has 3 rings (SSSR count). The van der Waals surface area contributed by atoms with Gasteiger partial charge in [0.15, 0.2) is 9.84 Å². The Morgan fingerprint density at radius 2 is 1.95 bits per heavy atom. The van der Waals surface area contributed by atoms with Gasteiger partial charge < -0.3 is 10.0 Å². The fourth-order valence-electron chi connectivity index (χ4n) is 3.02. The number of nitrogens with zero attached hydrogens (tertiary/aromatic N) is 1. The molecule has 1 heterocycles. The normalized spacial score (nSPS) is 24.6. The lowest BCUT2D eigenvalue weighted by molar-refractivity contribution is 0.139. The van der Waals surface area contributed by atoms with Gasteiger partial charge in [-0.05, 0) is 25.0 Å². The molecule has 6 nitrogen and oxygen atoms in total. The summed E-state index contributed by atoms with van der Waals surface area (Å²) in [6.07, 6.45) is 0.488. The Kier molecular flexibility index (Phi) is 3.41. The number of rotatable bonds is 2. The Morgan fingerprint density at radius 3 is 2.52 bits per heavy atom. The highest BCUT2D eigenvalue weighted by atomic mass is 32.2. The molecule has 1 saturated heterocycles. The van der Waals surface area contributed by atoms with E-state index in [2.05, 4.69) is 5.32 Å². The van der Waals surface area contributed by atoms with E-state index in [1.54, 1.807) is 30.3 Å². The smallest absolute Gasteiger partial charge is 0.407 e. The minimum atomic E-state index is -3.51. The molecule has 0 aromatic heterocycles. The monoisotopic (exact) mass is 310 g/mol. The number of carbonyl (C=O) groups is 1. The molecule has 0 bridgehead atoms. The minimum absolute atomic E-state index is 0.284. The van der Waals surface area contributed by atoms with E-state index in [4.69, 9.17) is 0 Å². The Balaban J connectivity index is 1.93. The topological polar surface area (TPSA) is 86.7 Å². The van der Waals surface area contributed by atoms with Crippen LogP contribution in [-0.2, 0) is 9.84 Å². The van der Waals surface area contributed by atoms with Crippen molar-refractivity contribution < 1.29 is 18.3 Å². The van der Waals surface area contributed by atoms with E-state index in [1.165, 1.54) is 4.90 Å². The standard InChI is InChI=1S/C14H18N2O4S/c17-13(18)16-9-8-15-12(14(10-16)6-7-14)21(19,20)11-4-2-1-3-5-11/h1-5,12,15H,6-10H2,(H,17,18). The fraction of sp³-hybridized carbons (Fsp3) is 0.500. The maximum Gasteiger partial charge on any atom is 0.407 e. The first kappa shape index (κ1) is 14.3. The summed E-state index contributed by atoms with van der Waals surface area (Å²) in [6.45, 7) is 0.953. The summed E-state index contributed by atoms with van der Waals surface area (Å²) in [7, 11) is -3.51. The molecule has 1 aliphatic heterocycles. The highest BCUT2D eigenvalue weighted by molar-refractivity contribution is 7.92. The van der Waals surface area contributed by atoms with E-state index in [0.29, 0.717) is 13.1 Å². The van der Waals surface area contributed by atoms with Crippen molar-refractivity contribution in [1.29, 1.82) is 0 Å². The van der Waals surface area contributed by atoms with Crippen molar-refractivity contribution in [1.82, 2.24) is 10.2 Å². The van der Waals surface area contributed by atoms with Gasteiger partial charge in [-0.2, -0.15) is 0 Å². The van der Waals surface area contributed by atoms with Crippen LogP contribution in [0.25, 0.3) is 0 Å². The third kappa shape index (κ3) is 2.51. The molecule has 1 saturated carbocycles. The van der Waals surface area contributed by atoms with Crippen molar-refractivity contribution >= 4 is 15.9 Å². The molecule has 2 aliphatic rings. The lowest BCUT2D eigenvalue weighted by Gasteiger charge is -2.27. The molecule has 21 heavy (non-hydrogen) atoms. The van der Waals surface area contributed by atoms with Crippen LogP contribution in [0.15, 0.2) is 35.2 Å². The van der Waals surface area contributed by atoms with Crippen LogP contribution in [-0.4, -0.2) is 49.5 Å². The number of amides is 1. The second kappa shape index (κ2) is 4.99. The van der Waals surface area contributed by atoms with E-state index in [9.17, 15) is 18.3 Å². The summed E-state index contributed by atoms with van der Waals surface area (Å²) in [6, 6.07) is 8.36. The number of nitrogens with one attached hydrogen (secondary N) is 1. The molecular weight excluding hydrogens is 292 g/mol. The zero-order valence-corrected chi connectivity index (χ0v) is 12.3. The van der Waals surface area contributed by atoms with Gasteiger partial charge in [0.25, 0.3) is 0 Å². The number of hydrogen-bond acceptors (Lipinski definition) is 4. The second-order valence-corrected chi connectivity index (χ2v) is 7.79. The predicted molar refractivity (Wildman–Crippen MR) is 76.7 cm³/mol. The average molecular weight is 310 g/mol. The van der Waals surface area contributed by atoms with Crippen LogP contribution in [0.3, 0.4) is 0 Å². The van der Waals surface area contributed by atoms with Gasteiger partial charge in [-0.15, -0.1) is 0 Å². The molecule has 1 unspecified atom stereocenters. The molecule has 0 radical (unpaired) electrons. The summed E-state index contributed by atoms with van der Waals surface area (Å²) in [5.74, 6) is 0. The Hall–Kier alpha value is -1.60. The third-order valence-electron chi connectivity index (χ3n) is 4.32. The van der Waals surface area contributed by atoms with Crippen molar-refractivity contribution in [3.63, 3.8) is 0 Å². The van der Waals surface area contributed by atoms with Crippen LogP contribution in [0.4, 0.5) is 4.79 Å². The lowest BCUT2D eigenvalue weighted by atomic mass is 10.1. The fourth-order valence-corrected chi connectivity index (χ4v) is 5.13. The molecule has 1 aliphatic carbocycles. The van der Waals surface area contributed by atoms with Crippen LogP contribution in [0.5, 0.6) is 0 Å². The number of carboxylic acid groups (broad SMARTS) is 1. The molecule has 114 valence electrons. The van der Waals surface area contributed by atoms with Crippen LogP contribution in [0.1, 0.15) is 12.8 Å². The van der Waals surface area contributed by atoms with E-state index in [1.807, 2.05) is 0 Å². The summed E-state index contributed by atoms with van der Waals surface area (Å²) in [5.41, 5.74) is -0.483.